The van der Waals surface area contributed by atoms with Gasteiger partial charge in [0.25, 0.3) is 0 Å². The summed E-state index contributed by atoms with van der Waals surface area (Å²) in [6, 6.07) is 0. The van der Waals surface area contributed by atoms with Gasteiger partial charge in [-0.15, -0.1) is 0 Å². The Kier molecular flexibility index (Phi) is 2.99. The van der Waals surface area contributed by atoms with Crippen LogP contribution in [0.4, 0.5) is 0 Å². The van der Waals surface area contributed by atoms with Crippen molar-refractivity contribution >= 4 is 45.4 Å². The summed E-state index contributed by atoms with van der Waals surface area (Å²) in [7, 11) is 1.18. The highest BCUT2D eigenvalue weighted by Gasteiger charge is 1.95. The van der Waals surface area contributed by atoms with Crippen LogP contribution in [0.25, 0.3) is 0 Å². The topological polar surface area (TPSA) is 48.9 Å². The largest absolute Gasteiger partial charge is 0.320 e. The van der Waals surface area contributed by atoms with Crippen molar-refractivity contribution in [3.05, 3.63) is 3.95 Å². The summed E-state index contributed by atoms with van der Waals surface area (Å²) < 4.78 is 9.70. The Morgan fingerprint density at radius 3 is 3.00 bits per heavy atom. The van der Waals surface area contributed by atoms with Crippen molar-refractivity contribution in [1.82, 2.24) is 10.2 Å². The van der Waals surface area contributed by atoms with Gasteiger partial charge in [-0.25, -0.2) is 0 Å². The predicted octanol–water partition coefficient (Wildman–Crippen LogP) is 2.41. The van der Waals surface area contributed by atoms with Crippen molar-refractivity contribution in [1.29, 1.82) is 0 Å². The molecule has 0 aliphatic carbocycles. The highest BCUT2D eigenvalue weighted by atomic mass is 33.1. The van der Waals surface area contributed by atoms with Gasteiger partial charge in [-0.3, -0.25) is 5.10 Å². The summed E-state index contributed by atoms with van der Waals surface area (Å²) >= 11 is 6.75. The van der Waals surface area contributed by atoms with E-state index in [1.165, 1.54) is 22.1 Å². The van der Waals surface area contributed by atoms with Gasteiger partial charge in [-0.2, -0.15) is 5.10 Å². The molecule has 0 aliphatic heterocycles. The molecule has 0 saturated heterocycles. The van der Waals surface area contributed by atoms with E-state index in [4.69, 9.17) is 16.8 Å². The van der Waals surface area contributed by atoms with E-state index < -0.39 is 0 Å². The lowest BCUT2D eigenvalue weighted by Gasteiger charge is -1.80. The minimum atomic E-state index is 0.631. The minimum Gasteiger partial charge on any atom is -0.320 e. The molecule has 2 N–H and O–H groups in total. The molecule has 7 heteroatoms. The molecule has 0 bridgehead atoms. The third kappa shape index (κ3) is 2.26. The third-order valence-electron chi connectivity index (χ3n) is 0.527. The van der Waals surface area contributed by atoms with Crippen LogP contribution in [0.15, 0.2) is 4.34 Å². The summed E-state index contributed by atoms with van der Waals surface area (Å²) in [4.78, 5) is 0. The Labute approximate surface area is 68.5 Å². The second kappa shape index (κ2) is 3.57. The van der Waals surface area contributed by atoms with Crippen LogP contribution in [0.2, 0.25) is 0 Å². The average Bonchev–Trinajstić information content (AvgIpc) is 2.17. The molecule has 0 radical (unpaired) electrons. The molecule has 0 aliphatic rings. The first-order chi connectivity index (χ1) is 4.33. The second-order valence-corrected chi connectivity index (χ2v) is 4.61. The van der Waals surface area contributed by atoms with Crippen LogP contribution >= 0.6 is 45.4 Å². The molecule has 1 aromatic rings. The number of rotatable bonds is 2. The fraction of sp³-hybridized carbons (Fsp3) is 0. The first kappa shape index (κ1) is 7.55. The number of hydrogen-bond donors (Lipinski definition) is 2. The molecule has 9 heavy (non-hydrogen) atoms. The molecule has 50 valence electrons. The lowest BCUT2D eigenvalue weighted by molar-refractivity contribution is 0.676. The van der Waals surface area contributed by atoms with Gasteiger partial charge in [0, 0.05) is 10.8 Å². The van der Waals surface area contributed by atoms with Crippen molar-refractivity contribution in [2.75, 3.05) is 0 Å². The highest BCUT2D eigenvalue weighted by molar-refractivity contribution is 8.74. The Morgan fingerprint density at radius 1 is 1.78 bits per heavy atom. The highest BCUT2D eigenvalue weighted by Crippen LogP contribution is 2.28. The van der Waals surface area contributed by atoms with E-state index in [2.05, 4.69) is 10.2 Å². The molecule has 1 aromatic heterocycles. The van der Waals surface area contributed by atoms with Gasteiger partial charge in [-0.05, 0) is 12.2 Å². The van der Waals surface area contributed by atoms with Gasteiger partial charge < -0.3 is 4.55 Å². The van der Waals surface area contributed by atoms with Crippen LogP contribution < -0.4 is 0 Å². The number of nitrogens with zero attached hydrogens (tertiary/aromatic N) is 1. The lowest BCUT2D eigenvalue weighted by Crippen LogP contribution is -1.64. The Hall–Kier alpha value is 0.440. The number of hydrogen-bond acceptors (Lipinski definition) is 6. The average molecular weight is 198 g/mol. The normalized spacial score (nSPS) is 9.89. The first-order valence-electron chi connectivity index (χ1n) is 1.86. The lowest BCUT2D eigenvalue weighted by atomic mass is 11.6. The Bertz CT molecular complexity index is 228. The molecule has 0 saturated carbocycles. The maximum Gasteiger partial charge on any atom is 0.185 e. The third-order valence-corrected chi connectivity index (χ3v) is 3.23. The molecule has 0 aromatic carbocycles. The standard InChI is InChI=1S/C2H2N2OS4/c5-9-8-2-4-3-1(6)7-2/h5H,(H,3,6). The van der Waals surface area contributed by atoms with Crippen molar-refractivity contribution < 1.29 is 4.55 Å². The van der Waals surface area contributed by atoms with Gasteiger partial charge in [0.15, 0.2) is 8.29 Å². The SMILES string of the molecule is OSSc1n[nH]c(=S)s1. The van der Waals surface area contributed by atoms with Crippen LogP contribution in [0.3, 0.4) is 0 Å². The molecule has 3 nitrogen and oxygen atoms in total. The van der Waals surface area contributed by atoms with Gasteiger partial charge in [-0.1, -0.05) is 11.3 Å². The van der Waals surface area contributed by atoms with Gasteiger partial charge in [0.1, 0.15) is 0 Å². The molecule has 0 atom stereocenters. The van der Waals surface area contributed by atoms with Gasteiger partial charge in [0.2, 0.25) is 0 Å². The van der Waals surface area contributed by atoms with E-state index in [9.17, 15) is 0 Å². The summed E-state index contributed by atoms with van der Waals surface area (Å²) in [5.74, 6) is 0. The van der Waals surface area contributed by atoms with Crippen LogP contribution in [0, 0.1) is 3.95 Å². The van der Waals surface area contributed by atoms with E-state index >= 15 is 0 Å². The zero-order valence-corrected chi connectivity index (χ0v) is 7.29. The molecule has 1 heterocycles. The van der Waals surface area contributed by atoms with Crippen LogP contribution in [0.5, 0.6) is 0 Å². The van der Waals surface area contributed by atoms with Gasteiger partial charge in [0.05, 0.1) is 11.1 Å². The van der Waals surface area contributed by atoms with Crippen LogP contribution in [0.1, 0.15) is 0 Å². The zero-order chi connectivity index (χ0) is 6.69. The summed E-state index contributed by atoms with van der Waals surface area (Å²) in [5.41, 5.74) is 0. The van der Waals surface area contributed by atoms with E-state index in [1.54, 1.807) is 0 Å². The smallest absolute Gasteiger partial charge is 0.185 e. The maximum absolute atomic E-state index is 8.33. The van der Waals surface area contributed by atoms with Crippen molar-refractivity contribution in [3.8, 4) is 0 Å². The number of aromatic amines is 1. The quantitative estimate of drug-likeness (QED) is 0.434. The molecular weight excluding hydrogens is 196 g/mol. The molecule has 1 rings (SSSR count). The molecule has 0 unspecified atom stereocenters. The van der Waals surface area contributed by atoms with Crippen molar-refractivity contribution in [3.63, 3.8) is 0 Å². The van der Waals surface area contributed by atoms with E-state index in [0.717, 1.165) is 4.34 Å². The monoisotopic (exact) mass is 198 g/mol. The molecule has 0 spiro atoms. The molecule has 0 fully saturated rings. The number of H-pyrrole nitrogens is 1. The fourth-order valence-corrected chi connectivity index (χ4v) is 2.48. The Balaban J connectivity index is 2.73. The van der Waals surface area contributed by atoms with Gasteiger partial charge >= 0.3 is 0 Å². The molecular formula is C2H2N2OS4. The van der Waals surface area contributed by atoms with Crippen molar-refractivity contribution in [2.45, 2.75) is 4.34 Å². The van der Waals surface area contributed by atoms with E-state index in [0.29, 0.717) is 15.0 Å². The maximum atomic E-state index is 8.33. The first-order valence-corrected chi connectivity index (χ1v) is 5.19. The zero-order valence-electron chi connectivity index (χ0n) is 4.03. The second-order valence-electron chi connectivity index (χ2n) is 1.04. The molecule has 0 amide bonds. The summed E-state index contributed by atoms with van der Waals surface area (Å²) in [6.07, 6.45) is 0. The summed E-state index contributed by atoms with van der Waals surface area (Å²) in [5, 5.41) is 6.37. The minimum absolute atomic E-state index is 0.631. The summed E-state index contributed by atoms with van der Waals surface area (Å²) in [6.45, 7) is 0. The van der Waals surface area contributed by atoms with Crippen LogP contribution in [-0.2, 0) is 0 Å². The number of aromatic nitrogens is 2. The Morgan fingerprint density at radius 2 is 2.56 bits per heavy atom. The fourth-order valence-electron chi connectivity index (χ4n) is 0.284. The predicted molar refractivity (Wildman–Crippen MR) is 43.4 cm³/mol. The van der Waals surface area contributed by atoms with Crippen LogP contribution in [-0.4, -0.2) is 14.8 Å². The van der Waals surface area contributed by atoms with E-state index in [-0.39, 0.29) is 0 Å². The van der Waals surface area contributed by atoms with E-state index in [1.807, 2.05) is 0 Å². The van der Waals surface area contributed by atoms with Crippen molar-refractivity contribution in [2.24, 2.45) is 0 Å². The number of nitrogens with one attached hydrogen (secondary N) is 1.